The molecule has 0 aliphatic carbocycles. The zero-order valence-electron chi connectivity index (χ0n) is 15.1. The van der Waals surface area contributed by atoms with Crippen molar-refractivity contribution in [3.63, 3.8) is 0 Å². The van der Waals surface area contributed by atoms with Gasteiger partial charge in [-0.15, -0.1) is 0 Å². The lowest BCUT2D eigenvalue weighted by Crippen LogP contribution is -2.43. The lowest BCUT2D eigenvalue weighted by Gasteiger charge is -2.33. The van der Waals surface area contributed by atoms with Gasteiger partial charge in [0.05, 0.1) is 12.2 Å². The topological polar surface area (TPSA) is 94.2 Å². The highest BCUT2D eigenvalue weighted by molar-refractivity contribution is 6.09. The van der Waals surface area contributed by atoms with E-state index in [9.17, 15) is 9.59 Å². The zero-order valence-corrected chi connectivity index (χ0v) is 15.1. The number of ether oxygens (including phenoxy) is 2. The first-order valence-electron chi connectivity index (χ1n) is 8.33. The molecule has 1 fully saturated rings. The molecule has 0 radical (unpaired) electrons. The highest BCUT2D eigenvalue weighted by atomic mass is 16.6. The SMILES string of the molecule is CCOC(=O)C(C=NCC1CCCN(C(=O)OC(C)(C)C)C1)=CN. The van der Waals surface area contributed by atoms with Gasteiger partial charge in [-0.05, 0) is 46.5 Å². The number of likely N-dealkylation sites (tertiary alicyclic amines) is 1. The summed E-state index contributed by atoms with van der Waals surface area (Å²) in [5.41, 5.74) is 5.16. The van der Waals surface area contributed by atoms with Crippen LogP contribution in [-0.4, -0.2) is 55.0 Å². The van der Waals surface area contributed by atoms with Crippen LogP contribution in [0.4, 0.5) is 4.79 Å². The molecule has 1 unspecified atom stereocenters. The molecule has 1 atom stereocenters. The number of esters is 1. The van der Waals surface area contributed by atoms with Gasteiger partial charge in [-0.2, -0.15) is 0 Å². The summed E-state index contributed by atoms with van der Waals surface area (Å²) in [6, 6.07) is 0. The maximum Gasteiger partial charge on any atom is 0.410 e. The van der Waals surface area contributed by atoms with Gasteiger partial charge in [0.1, 0.15) is 5.60 Å². The molecule has 1 aliphatic rings. The monoisotopic (exact) mass is 339 g/mol. The van der Waals surface area contributed by atoms with Gasteiger partial charge in [0.15, 0.2) is 0 Å². The minimum absolute atomic E-state index is 0.233. The Bertz CT molecular complexity index is 495. The smallest absolute Gasteiger partial charge is 0.410 e. The lowest BCUT2D eigenvalue weighted by molar-refractivity contribution is -0.137. The number of rotatable bonds is 5. The molecule has 2 N–H and O–H groups in total. The molecule has 1 heterocycles. The first-order valence-corrected chi connectivity index (χ1v) is 8.33. The van der Waals surface area contributed by atoms with Crippen LogP contribution >= 0.6 is 0 Å². The number of piperidine rings is 1. The number of carbonyl (C=O) groups excluding carboxylic acids is 2. The summed E-state index contributed by atoms with van der Waals surface area (Å²) < 4.78 is 10.3. The Morgan fingerprint density at radius 3 is 2.67 bits per heavy atom. The van der Waals surface area contributed by atoms with Gasteiger partial charge in [0, 0.05) is 32.0 Å². The average molecular weight is 339 g/mol. The average Bonchev–Trinajstić information content (AvgIpc) is 2.50. The first-order chi connectivity index (χ1) is 11.3. The van der Waals surface area contributed by atoms with E-state index in [1.807, 2.05) is 20.8 Å². The van der Waals surface area contributed by atoms with Crippen molar-refractivity contribution in [2.24, 2.45) is 16.6 Å². The molecule has 7 nitrogen and oxygen atoms in total. The van der Waals surface area contributed by atoms with Gasteiger partial charge in [0.25, 0.3) is 0 Å². The first kappa shape index (κ1) is 20.0. The van der Waals surface area contributed by atoms with Gasteiger partial charge < -0.3 is 20.1 Å². The lowest BCUT2D eigenvalue weighted by atomic mass is 9.98. The van der Waals surface area contributed by atoms with Crippen LogP contribution in [0.15, 0.2) is 16.8 Å². The molecule has 136 valence electrons. The fourth-order valence-corrected chi connectivity index (χ4v) is 2.38. The van der Waals surface area contributed by atoms with Crippen molar-refractivity contribution in [3.8, 4) is 0 Å². The molecule has 0 bridgehead atoms. The van der Waals surface area contributed by atoms with Crippen LogP contribution in [0.2, 0.25) is 0 Å². The second-order valence-electron chi connectivity index (χ2n) is 6.77. The molecule has 24 heavy (non-hydrogen) atoms. The van der Waals surface area contributed by atoms with Crippen molar-refractivity contribution in [1.82, 2.24) is 4.90 Å². The number of hydrogen-bond donors (Lipinski definition) is 1. The number of amides is 1. The molecule has 0 saturated carbocycles. The summed E-state index contributed by atoms with van der Waals surface area (Å²) in [6.45, 7) is 9.41. The number of carbonyl (C=O) groups is 2. The minimum Gasteiger partial charge on any atom is -0.462 e. The van der Waals surface area contributed by atoms with E-state index < -0.39 is 11.6 Å². The van der Waals surface area contributed by atoms with Crippen LogP contribution in [0.5, 0.6) is 0 Å². The van der Waals surface area contributed by atoms with Crippen molar-refractivity contribution in [3.05, 3.63) is 11.8 Å². The number of nitrogens with two attached hydrogens (primary N) is 1. The maximum atomic E-state index is 12.1. The molecule has 1 saturated heterocycles. The van der Waals surface area contributed by atoms with Crippen molar-refractivity contribution < 1.29 is 19.1 Å². The van der Waals surface area contributed by atoms with E-state index in [0.29, 0.717) is 19.6 Å². The standard InChI is InChI=1S/C17H29N3O4/c1-5-23-15(21)14(9-18)11-19-10-13-7-6-8-20(12-13)16(22)24-17(2,3)4/h9,11,13H,5-8,10,12,18H2,1-4H3. The Morgan fingerprint density at radius 1 is 1.38 bits per heavy atom. The van der Waals surface area contributed by atoms with Gasteiger partial charge in [-0.3, -0.25) is 4.99 Å². The van der Waals surface area contributed by atoms with E-state index >= 15 is 0 Å². The molecule has 0 aromatic heterocycles. The Labute approximate surface area is 143 Å². The molecule has 0 spiro atoms. The van der Waals surface area contributed by atoms with Crippen LogP contribution in [0.3, 0.4) is 0 Å². The number of nitrogens with zero attached hydrogens (tertiary/aromatic N) is 2. The summed E-state index contributed by atoms with van der Waals surface area (Å²) >= 11 is 0. The fourth-order valence-electron chi connectivity index (χ4n) is 2.38. The normalized spacial score (nSPS) is 19.4. The summed E-state index contributed by atoms with van der Waals surface area (Å²) in [5.74, 6) is -0.244. The molecule has 0 aromatic carbocycles. The molecule has 1 rings (SSSR count). The highest BCUT2D eigenvalue weighted by Crippen LogP contribution is 2.19. The van der Waals surface area contributed by atoms with Crippen molar-refractivity contribution in [2.75, 3.05) is 26.2 Å². The summed E-state index contributed by atoms with van der Waals surface area (Å²) in [5, 5.41) is 0. The zero-order chi connectivity index (χ0) is 18.2. The minimum atomic E-state index is -0.497. The molecule has 1 amide bonds. The molecule has 0 aromatic rings. The molecular weight excluding hydrogens is 310 g/mol. The third-order valence-electron chi connectivity index (χ3n) is 3.46. The third-order valence-corrected chi connectivity index (χ3v) is 3.46. The molecular formula is C17H29N3O4. The maximum absolute atomic E-state index is 12.1. The van der Waals surface area contributed by atoms with Gasteiger partial charge in [0.2, 0.25) is 0 Å². The predicted octanol–water partition coefficient (Wildman–Crippen LogP) is 2.11. The summed E-state index contributed by atoms with van der Waals surface area (Å²) in [7, 11) is 0. The van der Waals surface area contributed by atoms with Crippen LogP contribution in [0, 0.1) is 5.92 Å². The largest absolute Gasteiger partial charge is 0.462 e. The van der Waals surface area contributed by atoms with Crippen LogP contribution in [0.1, 0.15) is 40.5 Å². The Kier molecular flexibility index (Phi) is 7.74. The van der Waals surface area contributed by atoms with E-state index in [0.717, 1.165) is 12.8 Å². The van der Waals surface area contributed by atoms with E-state index in [1.54, 1.807) is 11.8 Å². The summed E-state index contributed by atoms with van der Waals surface area (Å²) in [4.78, 5) is 29.7. The van der Waals surface area contributed by atoms with E-state index in [-0.39, 0.29) is 24.2 Å². The van der Waals surface area contributed by atoms with E-state index in [4.69, 9.17) is 15.2 Å². The van der Waals surface area contributed by atoms with Crippen LogP contribution in [0.25, 0.3) is 0 Å². The van der Waals surface area contributed by atoms with Gasteiger partial charge in [-0.25, -0.2) is 9.59 Å². The molecule has 7 heteroatoms. The van der Waals surface area contributed by atoms with E-state index in [2.05, 4.69) is 4.99 Å². The second kappa shape index (κ2) is 9.30. The van der Waals surface area contributed by atoms with Crippen LogP contribution in [-0.2, 0) is 14.3 Å². The second-order valence-corrected chi connectivity index (χ2v) is 6.77. The predicted molar refractivity (Wildman–Crippen MR) is 92.8 cm³/mol. The van der Waals surface area contributed by atoms with Gasteiger partial charge >= 0.3 is 12.1 Å². The van der Waals surface area contributed by atoms with Crippen molar-refractivity contribution in [1.29, 1.82) is 0 Å². The van der Waals surface area contributed by atoms with E-state index in [1.165, 1.54) is 12.4 Å². The fraction of sp³-hybridized carbons (Fsp3) is 0.706. The third kappa shape index (κ3) is 7.02. The highest BCUT2D eigenvalue weighted by Gasteiger charge is 2.27. The van der Waals surface area contributed by atoms with Crippen molar-refractivity contribution >= 4 is 18.3 Å². The number of aliphatic imine (C=N–C) groups is 1. The molecule has 1 aliphatic heterocycles. The quantitative estimate of drug-likeness (QED) is 0.470. The number of hydrogen-bond acceptors (Lipinski definition) is 6. The van der Waals surface area contributed by atoms with Gasteiger partial charge in [-0.1, -0.05) is 0 Å². The summed E-state index contributed by atoms with van der Waals surface area (Å²) in [6.07, 6.45) is 4.24. The van der Waals surface area contributed by atoms with Crippen molar-refractivity contribution in [2.45, 2.75) is 46.1 Å². The Morgan fingerprint density at radius 2 is 2.08 bits per heavy atom. The Hall–Kier alpha value is -2.05. The van der Waals surface area contributed by atoms with Crippen LogP contribution < -0.4 is 5.73 Å². The Balaban J connectivity index is 2.52.